The first-order valence-corrected chi connectivity index (χ1v) is 10.4. The number of amides is 3. The van der Waals surface area contributed by atoms with E-state index in [4.69, 9.17) is 25.9 Å². The van der Waals surface area contributed by atoms with E-state index in [1.807, 2.05) is 6.92 Å². The van der Waals surface area contributed by atoms with Crippen molar-refractivity contribution in [2.24, 2.45) is 10.9 Å². The Kier molecular flexibility index (Phi) is 13.6. The molecule has 0 radical (unpaired) electrons. The fraction of sp³-hybridized carbons (Fsp3) is 0.647. The van der Waals surface area contributed by atoms with Crippen LogP contribution in [-0.4, -0.2) is 93.1 Å². The number of nitrogens with two attached hydrogens (primary N) is 1. The number of carboxylic acids is 1. The number of hydrogen-bond acceptors (Lipinski definition) is 10. The Hall–Kier alpha value is -2.87. The van der Waals surface area contributed by atoms with Crippen LogP contribution in [0.4, 0.5) is 4.79 Å². The number of nitrogens with zero attached hydrogens (tertiary/aromatic N) is 2. The first-order chi connectivity index (χ1) is 14.5. The average molecular weight is 464 g/mol. The molecule has 0 aliphatic carbocycles. The fourth-order valence-electron chi connectivity index (χ4n) is 1.97. The maximum Gasteiger partial charge on any atom is 0.413 e. The summed E-state index contributed by atoms with van der Waals surface area (Å²) in [7, 11) is 1.00. The Morgan fingerprint density at radius 1 is 1.23 bits per heavy atom. The van der Waals surface area contributed by atoms with Crippen LogP contribution < -0.4 is 11.1 Å². The molecule has 0 saturated heterocycles. The van der Waals surface area contributed by atoms with Crippen LogP contribution in [0.2, 0.25) is 0 Å². The lowest BCUT2D eigenvalue weighted by Crippen LogP contribution is -2.50. The fourth-order valence-corrected chi connectivity index (χ4v) is 2.92. The van der Waals surface area contributed by atoms with E-state index in [9.17, 15) is 24.0 Å². The van der Waals surface area contributed by atoms with Gasteiger partial charge in [-0.25, -0.2) is 14.5 Å². The van der Waals surface area contributed by atoms with Crippen LogP contribution in [0.3, 0.4) is 0 Å². The van der Waals surface area contributed by atoms with Crippen LogP contribution in [-0.2, 0) is 23.9 Å². The summed E-state index contributed by atoms with van der Waals surface area (Å²) < 4.78 is 4.92. The van der Waals surface area contributed by atoms with E-state index in [-0.39, 0.29) is 36.7 Å². The number of aliphatic carboxylic acids is 1. The molecule has 6 N–H and O–H groups in total. The zero-order chi connectivity index (χ0) is 24.0. The summed E-state index contributed by atoms with van der Waals surface area (Å²) in [6.07, 6.45) is -0.598. The molecule has 0 aromatic carbocycles. The van der Waals surface area contributed by atoms with Crippen molar-refractivity contribution in [2.75, 3.05) is 25.2 Å². The molecule has 0 aromatic heterocycles. The molecule has 0 spiro atoms. The third kappa shape index (κ3) is 11.2. The number of likely N-dealkylation sites (N-methyl/N-ethyl adjacent to an activating group) is 1. The molecular weight excluding hydrogens is 436 g/mol. The topological polar surface area (TPSA) is 209 Å². The maximum atomic E-state index is 12.3. The summed E-state index contributed by atoms with van der Waals surface area (Å²) >= 11 is 0.925. The van der Waals surface area contributed by atoms with Gasteiger partial charge in [-0.1, -0.05) is 18.5 Å². The molecule has 0 rings (SSSR count). The first kappa shape index (κ1) is 28.1. The molecule has 13 nitrogen and oxygen atoms in total. The molecule has 176 valence electrons. The molecule has 0 saturated carbocycles. The Balaban J connectivity index is 4.97. The number of carboxylic acid groups (broad SMARTS) is 2. The Morgan fingerprint density at radius 2 is 1.87 bits per heavy atom. The Labute approximate surface area is 183 Å². The second-order valence-corrected chi connectivity index (χ2v) is 7.36. The zero-order valence-corrected chi connectivity index (χ0v) is 18.1. The minimum absolute atomic E-state index is 0.151. The van der Waals surface area contributed by atoms with Gasteiger partial charge in [-0.3, -0.25) is 14.4 Å². The lowest BCUT2D eigenvalue weighted by Gasteiger charge is -2.21. The highest BCUT2D eigenvalue weighted by molar-refractivity contribution is 8.00. The summed E-state index contributed by atoms with van der Waals surface area (Å²) in [6, 6.07) is -2.56. The van der Waals surface area contributed by atoms with E-state index in [1.165, 1.54) is 0 Å². The number of oxime groups is 1. The Morgan fingerprint density at radius 3 is 2.39 bits per heavy atom. The summed E-state index contributed by atoms with van der Waals surface area (Å²) in [5, 5.41) is 31.9. The molecule has 0 fully saturated rings. The normalized spacial score (nSPS) is 13.1. The maximum absolute atomic E-state index is 12.3. The van der Waals surface area contributed by atoms with Gasteiger partial charge < -0.3 is 31.2 Å². The standard InChI is InChI=1S/C17H28N4O9S/c1-3-4-7-30-16(26)12(20-29)9-31-8-11(14(23)21(2)17(27)28)19-13(22)6-5-10(18)15(24)25/h10-11,29H,3-9,18H2,1-2H3,(H,19,22)(H,24,25)(H,27,28). The van der Waals surface area contributed by atoms with Crippen molar-refractivity contribution in [1.82, 2.24) is 10.2 Å². The summed E-state index contributed by atoms with van der Waals surface area (Å²) in [5.74, 6) is -4.09. The molecule has 0 bridgehead atoms. The number of hydrogen-bond donors (Lipinski definition) is 5. The van der Waals surface area contributed by atoms with Crippen molar-refractivity contribution < 1.29 is 44.1 Å². The van der Waals surface area contributed by atoms with E-state index in [0.717, 1.165) is 25.2 Å². The van der Waals surface area contributed by atoms with Crippen LogP contribution in [0.1, 0.15) is 32.6 Å². The molecule has 3 amide bonds. The SMILES string of the molecule is CCCCOC(=O)C(CSCC(NC(=O)CCC(N)C(=O)O)C(=O)N(C)C(=O)O)=NO. The highest BCUT2D eigenvalue weighted by Gasteiger charge is 2.28. The van der Waals surface area contributed by atoms with E-state index < -0.39 is 41.9 Å². The van der Waals surface area contributed by atoms with Crippen LogP contribution in [0, 0.1) is 0 Å². The van der Waals surface area contributed by atoms with Gasteiger partial charge in [-0.15, -0.1) is 0 Å². The number of rotatable bonds is 14. The van der Waals surface area contributed by atoms with Crippen molar-refractivity contribution in [2.45, 2.75) is 44.7 Å². The van der Waals surface area contributed by atoms with Gasteiger partial charge in [-0.2, -0.15) is 11.8 Å². The third-order valence-corrected chi connectivity index (χ3v) is 4.91. The van der Waals surface area contributed by atoms with Gasteiger partial charge in [0.15, 0.2) is 5.71 Å². The zero-order valence-electron chi connectivity index (χ0n) is 17.3. The summed E-state index contributed by atoms with van der Waals surface area (Å²) in [4.78, 5) is 58.4. The molecule has 14 heteroatoms. The number of carbonyl (C=O) groups is 5. The van der Waals surface area contributed by atoms with Crippen molar-refractivity contribution >= 4 is 47.3 Å². The van der Waals surface area contributed by atoms with Gasteiger partial charge >= 0.3 is 18.0 Å². The quantitative estimate of drug-likeness (QED) is 0.0741. The molecule has 0 heterocycles. The lowest BCUT2D eigenvalue weighted by atomic mass is 10.1. The molecule has 0 aliphatic rings. The number of unbranched alkanes of at least 4 members (excludes halogenated alkanes) is 1. The molecular formula is C17H28N4O9S. The van der Waals surface area contributed by atoms with Crippen LogP contribution in [0.15, 0.2) is 5.16 Å². The predicted molar refractivity (Wildman–Crippen MR) is 110 cm³/mol. The minimum Gasteiger partial charge on any atom is -0.480 e. The van der Waals surface area contributed by atoms with E-state index in [1.54, 1.807) is 0 Å². The predicted octanol–water partition coefficient (Wildman–Crippen LogP) is -0.294. The number of thioether (sulfide) groups is 1. The molecule has 31 heavy (non-hydrogen) atoms. The smallest absolute Gasteiger partial charge is 0.413 e. The lowest BCUT2D eigenvalue weighted by molar-refractivity contribution is -0.139. The summed E-state index contributed by atoms with van der Waals surface area (Å²) in [6.45, 7) is 2.05. The largest absolute Gasteiger partial charge is 0.480 e. The van der Waals surface area contributed by atoms with Crippen molar-refractivity contribution in [3.05, 3.63) is 0 Å². The van der Waals surface area contributed by atoms with Gasteiger partial charge in [0.25, 0.3) is 5.91 Å². The highest BCUT2D eigenvalue weighted by atomic mass is 32.2. The van der Waals surface area contributed by atoms with Crippen LogP contribution in [0.5, 0.6) is 0 Å². The third-order valence-electron chi connectivity index (χ3n) is 3.86. The minimum atomic E-state index is -1.54. The van der Waals surface area contributed by atoms with Crippen molar-refractivity contribution in [1.29, 1.82) is 0 Å². The van der Waals surface area contributed by atoms with Gasteiger partial charge in [0.2, 0.25) is 5.91 Å². The summed E-state index contributed by atoms with van der Waals surface area (Å²) in [5.41, 5.74) is 5.02. The molecule has 0 aromatic rings. The van der Waals surface area contributed by atoms with Gasteiger partial charge in [0.05, 0.1) is 6.61 Å². The van der Waals surface area contributed by atoms with Crippen LogP contribution in [0.25, 0.3) is 0 Å². The molecule has 2 unspecified atom stereocenters. The first-order valence-electron chi connectivity index (χ1n) is 9.29. The van der Waals surface area contributed by atoms with Gasteiger partial charge in [-0.05, 0) is 12.8 Å². The second kappa shape index (κ2) is 15.0. The van der Waals surface area contributed by atoms with E-state index >= 15 is 0 Å². The highest BCUT2D eigenvalue weighted by Crippen LogP contribution is 2.09. The van der Waals surface area contributed by atoms with Crippen LogP contribution >= 0.6 is 11.8 Å². The monoisotopic (exact) mass is 464 g/mol. The average Bonchev–Trinajstić information content (AvgIpc) is 2.72. The number of carbonyl (C=O) groups excluding carboxylic acids is 3. The molecule has 2 atom stereocenters. The number of ether oxygens (including phenoxy) is 1. The van der Waals surface area contributed by atoms with E-state index in [0.29, 0.717) is 11.3 Å². The van der Waals surface area contributed by atoms with Gasteiger partial charge in [0, 0.05) is 25.0 Å². The van der Waals surface area contributed by atoms with Crippen molar-refractivity contribution in [3.63, 3.8) is 0 Å². The number of esters is 1. The Bertz CT molecular complexity index is 687. The van der Waals surface area contributed by atoms with E-state index in [2.05, 4.69) is 10.5 Å². The van der Waals surface area contributed by atoms with Crippen molar-refractivity contribution in [3.8, 4) is 0 Å². The number of nitrogens with one attached hydrogen (secondary N) is 1. The number of imide groups is 1. The van der Waals surface area contributed by atoms with Gasteiger partial charge in [0.1, 0.15) is 12.1 Å². The molecule has 0 aliphatic heterocycles. The second-order valence-electron chi connectivity index (χ2n) is 6.33.